The summed E-state index contributed by atoms with van der Waals surface area (Å²) in [5.41, 5.74) is 2.75. The molecule has 0 unspecified atom stereocenters. The maximum absolute atomic E-state index is 12.3. The number of carbonyl (C=O) groups is 1. The molecule has 0 fully saturated rings. The molecule has 0 saturated carbocycles. The first-order valence-electron chi connectivity index (χ1n) is 11.1. The van der Waals surface area contributed by atoms with Gasteiger partial charge >= 0.3 is 5.97 Å². The Morgan fingerprint density at radius 2 is 1.79 bits per heavy atom. The Balaban J connectivity index is 1.41. The normalized spacial score (nSPS) is 11.7. The summed E-state index contributed by atoms with van der Waals surface area (Å²) in [4.78, 5) is 16.9. The van der Waals surface area contributed by atoms with E-state index in [4.69, 9.17) is 18.6 Å². The van der Waals surface area contributed by atoms with Crippen LogP contribution in [0.4, 0.5) is 0 Å². The molecule has 4 aromatic rings. The molecule has 0 N–H and O–H groups in total. The Hall–Kier alpha value is -4.00. The van der Waals surface area contributed by atoms with Crippen LogP contribution in [0.25, 0.3) is 11.5 Å². The molecule has 0 spiro atoms. The van der Waals surface area contributed by atoms with Gasteiger partial charge in [-0.3, -0.25) is 0 Å². The van der Waals surface area contributed by atoms with E-state index in [-0.39, 0.29) is 5.97 Å². The van der Waals surface area contributed by atoms with Crippen molar-refractivity contribution in [2.24, 2.45) is 0 Å². The van der Waals surface area contributed by atoms with Crippen molar-refractivity contribution in [3.63, 3.8) is 0 Å². The van der Waals surface area contributed by atoms with Gasteiger partial charge in [0.1, 0.15) is 11.8 Å². The van der Waals surface area contributed by atoms with Gasteiger partial charge in [0.25, 0.3) is 0 Å². The van der Waals surface area contributed by atoms with E-state index in [0.717, 1.165) is 22.6 Å². The Morgan fingerprint density at radius 3 is 2.50 bits per heavy atom. The van der Waals surface area contributed by atoms with Gasteiger partial charge in [0, 0.05) is 30.8 Å². The summed E-state index contributed by atoms with van der Waals surface area (Å²) >= 11 is 0. The van der Waals surface area contributed by atoms with Crippen molar-refractivity contribution in [1.82, 2.24) is 9.55 Å². The third kappa shape index (κ3) is 5.31. The SMILES string of the molecule is COC(=O)[C@H](Cc1ccc(OCCc2nc(-c3ccccc3)oc2C)c(OC)c1)n1cccc1. The molecule has 0 radical (unpaired) electrons. The van der Waals surface area contributed by atoms with Crippen molar-refractivity contribution in [3.05, 3.63) is 90.1 Å². The van der Waals surface area contributed by atoms with Gasteiger partial charge in [-0.05, 0) is 48.9 Å². The predicted octanol–water partition coefficient (Wildman–Crippen LogP) is 5.04. The molecule has 7 heteroatoms. The number of rotatable bonds is 10. The summed E-state index contributed by atoms with van der Waals surface area (Å²) in [5.74, 6) is 2.33. The molecule has 34 heavy (non-hydrogen) atoms. The van der Waals surface area contributed by atoms with E-state index in [9.17, 15) is 4.79 Å². The lowest BCUT2D eigenvalue weighted by Gasteiger charge is -2.18. The Bertz CT molecular complexity index is 1220. The first-order valence-corrected chi connectivity index (χ1v) is 11.1. The zero-order valence-electron chi connectivity index (χ0n) is 19.6. The number of oxazole rings is 1. The second kappa shape index (κ2) is 10.7. The van der Waals surface area contributed by atoms with Gasteiger partial charge in [0.05, 0.1) is 26.5 Å². The predicted molar refractivity (Wildman–Crippen MR) is 128 cm³/mol. The quantitative estimate of drug-likeness (QED) is 0.309. The van der Waals surface area contributed by atoms with Crippen molar-refractivity contribution in [2.75, 3.05) is 20.8 Å². The number of ether oxygens (including phenoxy) is 3. The number of hydrogen-bond donors (Lipinski definition) is 0. The average Bonchev–Trinajstić information content (AvgIpc) is 3.53. The molecule has 0 amide bonds. The molecule has 4 rings (SSSR count). The topological polar surface area (TPSA) is 75.7 Å². The van der Waals surface area contributed by atoms with E-state index < -0.39 is 6.04 Å². The maximum atomic E-state index is 12.3. The zero-order valence-corrected chi connectivity index (χ0v) is 19.6. The van der Waals surface area contributed by atoms with Crippen LogP contribution in [0.2, 0.25) is 0 Å². The highest BCUT2D eigenvalue weighted by Gasteiger charge is 2.21. The summed E-state index contributed by atoms with van der Waals surface area (Å²) in [6, 6.07) is 18.8. The molecule has 2 aromatic carbocycles. The zero-order chi connectivity index (χ0) is 23.9. The molecule has 1 atom stereocenters. The molecule has 0 aliphatic rings. The van der Waals surface area contributed by atoms with Crippen molar-refractivity contribution < 1.29 is 23.4 Å². The van der Waals surface area contributed by atoms with Crippen molar-refractivity contribution in [1.29, 1.82) is 0 Å². The average molecular weight is 461 g/mol. The van der Waals surface area contributed by atoms with Gasteiger partial charge in [-0.15, -0.1) is 0 Å². The number of methoxy groups -OCH3 is 2. The van der Waals surface area contributed by atoms with E-state index in [0.29, 0.717) is 36.8 Å². The van der Waals surface area contributed by atoms with Crippen LogP contribution in [0.3, 0.4) is 0 Å². The van der Waals surface area contributed by atoms with E-state index >= 15 is 0 Å². The van der Waals surface area contributed by atoms with E-state index in [1.807, 2.05) is 84.5 Å². The van der Waals surface area contributed by atoms with E-state index in [1.165, 1.54) is 7.11 Å². The lowest BCUT2D eigenvalue weighted by molar-refractivity contribution is -0.144. The molecule has 0 saturated heterocycles. The fourth-order valence-corrected chi connectivity index (χ4v) is 3.81. The minimum Gasteiger partial charge on any atom is -0.493 e. The molecule has 0 bridgehead atoms. The highest BCUT2D eigenvalue weighted by Crippen LogP contribution is 2.30. The van der Waals surface area contributed by atoms with Crippen LogP contribution in [0, 0.1) is 6.92 Å². The fourth-order valence-electron chi connectivity index (χ4n) is 3.81. The van der Waals surface area contributed by atoms with E-state index in [1.54, 1.807) is 7.11 Å². The number of benzene rings is 2. The van der Waals surface area contributed by atoms with E-state index in [2.05, 4.69) is 4.98 Å². The fraction of sp³-hybridized carbons (Fsp3) is 0.259. The Morgan fingerprint density at radius 1 is 1.03 bits per heavy atom. The van der Waals surface area contributed by atoms with Crippen LogP contribution in [0.5, 0.6) is 11.5 Å². The smallest absolute Gasteiger partial charge is 0.329 e. The highest BCUT2D eigenvalue weighted by molar-refractivity contribution is 5.74. The van der Waals surface area contributed by atoms with Crippen molar-refractivity contribution >= 4 is 5.97 Å². The van der Waals surface area contributed by atoms with Crippen LogP contribution in [-0.4, -0.2) is 36.3 Å². The minimum atomic E-state index is -0.453. The summed E-state index contributed by atoms with van der Waals surface area (Å²) < 4.78 is 24.2. The Kier molecular flexibility index (Phi) is 7.32. The highest BCUT2D eigenvalue weighted by atomic mass is 16.5. The maximum Gasteiger partial charge on any atom is 0.329 e. The van der Waals surface area contributed by atoms with Crippen LogP contribution in [-0.2, 0) is 22.4 Å². The van der Waals surface area contributed by atoms with Crippen LogP contribution < -0.4 is 9.47 Å². The summed E-state index contributed by atoms with van der Waals surface area (Å²) in [7, 11) is 3.00. The van der Waals surface area contributed by atoms with Crippen LogP contribution in [0.15, 0.2) is 77.5 Å². The number of aromatic nitrogens is 2. The molecule has 2 heterocycles. The monoisotopic (exact) mass is 460 g/mol. The second-order valence-electron chi connectivity index (χ2n) is 7.84. The number of nitrogens with zero attached hydrogens (tertiary/aromatic N) is 2. The Labute approximate surface area is 198 Å². The lowest BCUT2D eigenvalue weighted by atomic mass is 10.0. The third-order valence-corrected chi connectivity index (χ3v) is 5.63. The van der Waals surface area contributed by atoms with Gasteiger partial charge < -0.3 is 23.2 Å². The summed E-state index contributed by atoms with van der Waals surface area (Å²) in [6.45, 7) is 2.33. The second-order valence-corrected chi connectivity index (χ2v) is 7.84. The number of esters is 1. The van der Waals surface area contributed by atoms with Crippen LogP contribution in [0.1, 0.15) is 23.1 Å². The first-order chi connectivity index (χ1) is 16.6. The third-order valence-electron chi connectivity index (χ3n) is 5.63. The molecular formula is C27H28N2O5. The molecule has 176 valence electrons. The standard InChI is InChI=1S/C27H28N2O5/c1-19-22(28-26(34-19)21-9-5-4-6-10-21)13-16-33-24-12-11-20(18-25(24)31-2)17-23(27(30)32-3)29-14-7-8-15-29/h4-12,14-15,18,23H,13,16-17H2,1-3H3/t23-/m0/s1. The minimum absolute atomic E-state index is 0.298. The number of aryl methyl sites for hydroxylation is 1. The van der Waals surface area contributed by atoms with Crippen LogP contribution >= 0.6 is 0 Å². The number of carbonyl (C=O) groups excluding carboxylic acids is 1. The molecule has 0 aliphatic heterocycles. The van der Waals surface area contributed by atoms with Crippen molar-refractivity contribution in [2.45, 2.75) is 25.8 Å². The largest absolute Gasteiger partial charge is 0.493 e. The molecule has 0 aliphatic carbocycles. The van der Waals surface area contributed by atoms with Gasteiger partial charge in [-0.25, -0.2) is 9.78 Å². The summed E-state index contributed by atoms with van der Waals surface area (Å²) in [5, 5.41) is 0. The first kappa shape index (κ1) is 23.2. The van der Waals surface area contributed by atoms with Gasteiger partial charge in [0.15, 0.2) is 11.5 Å². The van der Waals surface area contributed by atoms with Crippen molar-refractivity contribution in [3.8, 4) is 23.0 Å². The summed E-state index contributed by atoms with van der Waals surface area (Å²) in [6.07, 6.45) is 4.78. The number of hydrogen-bond acceptors (Lipinski definition) is 6. The van der Waals surface area contributed by atoms with Gasteiger partial charge in [-0.1, -0.05) is 24.3 Å². The molecule has 2 aromatic heterocycles. The lowest BCUT2D eigenvalue weighted by Crippen LogP contribution is -2.22. The van der Waals surface area contributed by atoms with Gasteiger partial charge in [0.2, 0.25) is 5.89 Å². The molecular weight excluding hydrogens is 432 g/mol. The molecule has 7 nitrogen and oxygen atoms in total. The van der Waals surface area contributed by atoms with Gasteiger partial charge in [-0.2, -0.15) is 0 Å².